The van der Waals surface area contributed by atoms with Crippen molar-refractivity contribution in [3.63, 3.8) is 0 Å². The second kappa shape index (κ2) is 9.20. The Labute approximate surface area is 115 Å². The maximum atomic E-state index is 11.1. The number of benzene rings is 1. The molecule has 1 aromatic carbocycles. The van der Waals surface area contributed by atoms with Crippen LogP contribution in [-0.4, -0.2) is 19.0 Å². The van der Waals surface area contributed by atoms with Crippen molar-refractivity contribution in [2.45, 2.75) is 32.6 Å². The minimum atomic E-state index is 0.0771. The summed E-state index contributed by atoms with van der Waals surface area (Å²) in [6.07, 6.45) is 5.84. The van der Waals surface area contributed by atoms with Gasteiger partial charge in [0.25, 0.3) is 0 Å². The molecule has 0 heterocycles. The normalized spacial score (nSPS) is 9.95. The molecule has 0 unspecified atom stereocenters. The molecule has 0 aromatic heterocycles. The topological polar surface area (TPSA) is 35.5 Å². The highest BCUT2D eigenvalue weighted by Crippen LogP contribution is 2.13. The van der Waals surface area contributed by atoms with Crippen LogP contribution in [0.1, 0.15) is 43.0 Å². The Morgan fingerprint density at radius 2 is 1.74 bits per heavy atom. The summed E-state index contributed by atoms with van der Waals surface area (Å²) in [4.78, 5) is 11.1. The minimum absolute atomic E-state index is 0.0771. The molecule has 1 rings (SSSR count). The summed E-state index contributed by atoms with van der Waals surface area (Å²) >= 11 is 0. The monoisotopic (exact) mass is 262 g/mol. The molecule has 0 N–H and O–H groups in total. The molecule has 3 heteroatoms. The summed E-state index contributed by atoms with van der Waals surface area (Å²) < 4.78 is 10.7. The number of rotatable bonds is 10. The van der Waals surface area contributed by atoms with Gasteiger partial charge in [0.15, 0.2) is 5.78 Å². The highest BCUT2D eigenvalue weighted by atomic mass is 16.5. The van der Waals surface area contributed by atoms with E-state index in [9.17, 15) is 4.79 Å². The van der Waals surface area contributed by atoms with Crippen molar-refractivity contribution in [2.24, 2.45) is 0 Å². The third-order valence-corrected chi connectivity index (χ3v) is 2.80. The number of carbonyl (C=O) groups excluding carboxylic acids is 1. The fraction of sp³-hybridized carbons (Fsp3) is 0.438. The Morgan fingerprint density at radius 3 is 2.32 bits per heavy atom. The van der Waals surface area contributed by atoms with Gasteiger partial charge in [0.2, 0.25) is 0 Å². The summed E-state index contributed by atoms with van der Waals surface area (Å²) in [7, 11) is 0. The first-order valence-electron chi connectivity index (χ1n) is 6.70. The number of ether oxygens (including phenoxy) is 2. The quantitative estimate of drug-likeness (QED) is 0.363. The number of carbonyl (C=O) groups is 1. The molecule has 0 aliphatic heterocycles. The second-order valence-corrected chi connectivity index (χ2v) is 4.38. The average Bonchev–Trinajstić information content (AvgIpc) is 2.42. The summed E-state index contributed by atoms with van der Waals surface area (Å²) in [5.74, 6) is 0.897. The predicted octanol–water partition coefficient (Wildman–Crippen LogP) is 3.99. The zero-order valence-electron chi connectivity index (χ0n) is 11.6. The Morgan fingerprint density at radius 1 is 1.11 bits per heavy atom. The van der Waals surface area contributed by atoms with Crippen LogP contribution < -0.4 is 4.74 Å². The van der Waals surface area contributed by atoms with Crippen molar-refractivity contribution in [3.8, 4) is 5.75 Å². The standard InChI is InChI=1S/C16H22O3/c1-3-18-12-6-4-5-7-13-19-16-10-8-15(9-11-16)14(2)17/h3,8-11H,1,4-7,12-13H2,2H3. The lowest BCUT2D eigenvalue weighted by Gasteiger charge is -2.06. The van der Waals surface area contributed by atoms with Crippen LogP contribution in [0, 0.1) is 0 Å². The van der Waals surface area contributed by atoms with E-state index in [4.69, 9.17) is 9.47 Å². The van der Waals surface area contributed by atoms with Crippen LogP contribution in [0.3, 0.4) is 0 Å². The van der Waals surface area contributed by atoms with Gasteiger partial charge in [-0.15, -0.1) is 0 Å². The van der Waals surface area contributed by atoms with Crippen molar-refractivity contribution in [1.29, 1.82) is 0 Å². The first-order chi connectivity index (χ1) is 9.24. The molecule has 0 saturated heterocycles. The third kappa shape index (κ3) is 6.65. The molecule has 3 nitrogen and oxygen atoms in total. The first-order valence-corrected chi connectivity index (χ1v) is 6.70. The highest BCUT2D eigenvalue weighted by Gasteiger charge is 1.99. The van der Waals surface area contributed by atoms with Crippen LogP contribution in [0.2, 0.25) is 0 Å². The lowest BCUT2D eigenvalue weighted by Crippen LogP contribution is -1.98. The Bertz CT molecular complexity index is 381. The molecule has 0 saturated carbocycles. The van der Waals surface area contributed by atoms with E-state index < -0.39 is 0 Å². The molecule has 0 radical (unpaired) electrons. The van der Waals surface area contributed by atoms with Gasteiger partial charge in [0.1, 0.15) is 5.75 Å². The van der Waals surface area contributed by atoms with Crippen LogP contribution >= 0.6 is 0 Å². The molecular formula is C16H22O3. The van der Waals surface area contributed by atoms with Crippen LogP contribution in [0.5, 0.6) is 5.75 Å². The molecular weight excluding hydrogens is 240 g/mol. The van der Waals surface area contributed by atoms with Gasteiger partial charge in [-0.3, -0.25) is 4.79 Å². The molecule has 19 heavy (non-hydrogen) atoms. The summed E-state index contributed by atoms with van der Waals surface area (Å²) in [6, 6.07) is 7.28. The van der Waals surface area contributed by atoms with E-state index in [0.717, 1.165) is 43.6 Å². The first kappa shape index (κ1) is 15.3. The van der Waals surface area contributed by atoms with Crippen molar-refractivity contribution in [3.05, 3.63) is 42.7 Å². The third-order valence-electron chi connectivity index (χ3n) is 2.80. The number of unbranched alkanes of at least 4 members (excludes halogenated alkanes) is 3. The molecule has 0 bridgehead atoms. The average molecular weight is 262 g/mol. The molecule has 0 aliphatic carbocycles. The molecule has 0 fully saturated rings. The van der Waals surface area contributed by atoms with Gasteiger partial charge >= 0.3 is 0 Å². The van der Waals surface area contributed by atoms with Crippen molar-refractivity contribution < 1.29 is 14.3 Å². The summed E-state index contributed by atoms with van der Waals surface area (Å²) in [5, 5.41) is 0. The molecule has 1 aromatic rings. The second-order valence-electron chi connectivity index (χ2n) is 4.38. The Balaban J connectivity index is 2.09. The molecule has 0 atom stereocenters. The minimum Gasteiger partial charge on any atom is -0.502 e. The van der Waals surface area contributed by atoms with Gasteiger partial charge in [-0.1, -0.05) is 6.58 Å². The largest absolute Gasteiger partial charge is 0.502 e. The molecule has 0 amide bonds. The number of hydrogen-bond donors (Lipinski definition) is 0. The Kier molecular flexibility index (Phi) is 7.40. The summed E-state index contributed by atoms with van der Waals surface area (Å²) in [6.45, 7) is 6.51. The van der Waals surface area contributed by atoms with Crippen LogP contribution in [0.25, 0.3) is 0 Å². The van der Waals surface area contributed by atoms with E-state index in [1.165, 1.54) is 6.26 Å². The van der Waals surface area contributed by atoms with Crippen LogP contribution in [0.15, 0.2) is 37.1 Å². The maximum Gasteiger partial charge on any atom is 0.159 e. The van der Waals surface area contributed by atoms with Gasteiger partial charge in [-0.2, -0.15) is 0 Å². The van der Waals surface area contributed by atoms with Gasteiger partial charge in [0.05, 0.1) is 19.5 Å². The van der Waals surface area contributed by atoms with Crippen molar-refractivity contribution >= 4 is 5.78 Å². The zero-order valence-corrected chi connectivity index (χ0v) is 11.6. The predicted molar refractivity (Wildman–Crippen MR) is 76.6 cm³/mol. The van der Waals surface area contributed by atoms with Crippen molar-refractivity contribution in [1.82, 2.24) is 0 Å². The van der Waals surface area contributed by atoms with Gasteiger partial charge in [0, 0.05) is 5.56 Å². The molecule has 0 spiro atoms. The SMILES string of the molecule is C=COCCCCCCOc1ccc(C(C)=O)cc1. The Hall–Kier alpha value is -1.77. The fourth-order valence-corrected chi connectivity index (χ4v) is 1.70. The van der Waals surface area contributed by atoms with Gasteiger partial charge in [-0.05, 0) is 56.9 Å². The highest BCUT2D eigenvalue weighted by molar-refractivity contribution is 5.94. The van der Waals surface area contributed by atoms with Gasteiger partial charge in [-0.25, -0.2) is 0 Å². The fourth-order valence-electron chi connectivity index (χ4n) is 1.70. The van der Waals surface area contributed by atoms with Gasteiger partial charge < -0.3 is 9.47 Å². The van der Waals surface area contributed by atoms with E-state index in [1.54, 1.807) is 19.1 Å². The molecule has 0 aliphatic rings. The van der Waals surface area contributed by atoms with Crippen LogP contribution in [-0.2, 0) is 4.74 Å². The smallest absolute Gasteiger partial charge is 0.159 e. The number of Topliss-reactive ketones (excluding diaryl/α,β-unsaturated/α-hetero) is 1. The zero-order chi connectivity index (χ0) is 13.9. The number of ketones is 1. The lowest BCUT2D eigenvalue weighted by molar-refractivity contribution is 0.101. The van der Waals surface area contributed by atoms with E-state index in [1.807, 2.05) is 12.1 Å². The summed E-state index contributed by atoms with van der Waals surface area (Å²) in [5.41, 5.74) is 0.717. The lowest BCUT2D eigenvalue weighted by atomic mass is 10.1. The van der Waals surface area contributed by atoms with E-state index in [0.29, 0.717) is 6.61 Å². The van der Waals surface area contributed by atoms with E-state index in [-0.39, 0.29) is 5.78 Å². The van der Waals surface area contributed by atoms with E-state index >= 15 is 0 Å². The maximum absolute atomic E-state index is 11.1. The number of hydrogen-bond acceptors (Lipinski definition) is 3. The van der Waals surface area contributed by atoms with Crippen molar-refractivity contribution in [2.75, 3.05) is 13.2 Å². The molecule has 104 valence electrons. The van der Waals surface area contributed by atoms with Crippen LogP contribution in [0.4, 0.5) is 0 Å². The van der Waals surface area contributed by atoms with E-state index in [2.05, 4.69) is 6.58 Å².